The molecule has 21 heavy (non-hydrogen) atoms. The van der Waals surface area contributed by atoms with Crippen LogP contribution in [0.1, 0.15) is 22.8 Å². The van der Waals surface area contributed by atoms with Crippen molar-refractivity contribution in [2.45, 2.75) is 27.3 Å². The molecular formula is C15H17N5O. The molecule has 0 aromatic carbocycles. The molecule has 3 heterocycles. The summed E-state index contributed by atoms with van der Waals surface area (Å²) in [7, 11) is 2.00. The Morgan fingerprint density at radius 3 is 2.71 bits per heavy atom. The van der Waals surface area contributed by atoms with E-state index >= 15 is 0 Å². The Morgan fingerprint density at radius 1 is 1.19 bits per heavy atom. The third-order valence-corrected chi connectivity index (χ3v) is 3.50. The number of anilines is 1. The number of aromatic nitrogens is 4. The standard InChI is InChI=1S/C15H17N5O/c1-9-13(10(2)21-19-9)8-20(4)15-12-6-5-7-16-14(12)17-11(3)18-15/h5-7H,8H2,1-4H3. The quantitative estimate of drug-likeness (QED) is 0.736. The molecule has 0 N–H and O–H groups in total. The van der Waals surface area contributed by atoms with Crippen LogP contribution in [-0.2, 0) is 6.54 Å². The van der Waals surface area contributed by atoms with Gasteiger partial charge in [0.05, 0.1) is 11.1 Å². The molecule has 0 aliphatic heterocycles. The van der Waals surface area contributed by atoms with E-state index in [-0.39, 0.29) is 0 Å². The largest absolute Gasteiger partial charge is 0.361 e. The van der Waals surface area contributed by atoms with Gasteiger partial charge in [-0.2, -0.15) is 0 Å². The van der Waals surface area contributed by atoms with E-state index < -0.39 is 0 Å². The maximum absolute atomic E-state index is 5.22. The molecule has 3 rings (SSSR count). The maximum atomic E-state index is 5.22. The molecule has 108 valence electrons. The highest BCUT2D eigenvalue weighted by Gasteiger charge is 2.15. The van der Waals surface area contributed by atoms with Crippen LogP contribution in [-0.4, -0.2) is 27.2 Å². The molecule has 6 heteroatoms. The van der Waals surface area contributed by atoms with Crippen molar-refractivity contribution in [3.05, 3.63) is 41.2 Å². The summed E-state index contributed by atoms with van der Waals surface area (Å²) >= 11 is 0. The van der Waals surface area contributed by atoms with Gasteiger partial charge in [-0.3, -0.25) is 0 Å². The van der Waals surface area contributed by atoms with Crippen molar-refractivity contribution in [2.24, 2.45) is 0 Å². The van der Waals surface area contributed by atoms with E-state index in [9.17, 15) is 0 Å². The summed E-state index contributed by atoms with van der Waals surface area (Å²) in [5.74, 6) is 2.42. The molecule has 0 saturated heterocycles. The van der Waals surface area contributed by atoms with E-state index in [0.717, 1.165) is 28.2 Å². The van der Waals surface area contributed by atoms with Crippen molar-refractivity contribution in [2.75, 3.05) is 11.9 Å². The molecule has 0 spiro atoms. The molecule has 0 bridgehead atoms. The minimum atomic E-state index is 0.682. The van der Waals surface area contributed by atoms with Gasteiger partial charge in [-0.15, -0.1) is 0 Å². The fourth-order valence-electron chi connectivity index (χ4n) is 2.38. The molecule has 0 saturated carbocycles. The number of fused-ring (bicyclic) bond motifs is 1. The molecule has 0 unspecified atom stereocenters. The zero-order valence-electron chi connectivity index (χ0n) is 12.6. The molecule has 6 nitrogen and oxygen atoms in total. The predicted octanol–water partition coefficient (Wildman–Crippen LogP) is 2.57. The lowest BCUT2D eigenvalue weighted by atomic mass is 10.2. The van der Waals surface area contributed by atoms with E-state index in [1.54, 1.807) is 6.20 Å². The number of hydrogen-bond donors (Lipinski definition) is 0. The highest BCUT2D eigenvalue weighted by atomic mass is 16.5. The SMILES string of the molecule is Cc1nc(N(C)Cc2c(C)noc2C)c2cccnc2n1. The Balaban J connectivity index is 2.04. The summed E-state index contributed by atoms with van der Waals surface area (Å²) in [4.78, 5) is 15.3. The number of rotatable bonds is 3. The monoisotopic (exact) mass is 283 g/mol. The molecule has 0 amide bonds. The van der Waals surface area contributed by atoms with E-state index in [1.165, 1.54) is 0 Å². The third kappa shape index (κ3) is 2.44. The average Bonchev–Trinajstić information content (AvgIpc) is 2.78. The molecule has 0 aliphatic rings. The zero-order chi connectivity index (χ0) is 15.0. The van der Waals surface area contributed by atoms with Gasteiger partial charge in [0.1, 0.15) is 17.4 Å². The van der Waals surface area contributed by atoms with Crippen LogP contribution in [0.15, 0.2) is 22.9 Å². The first-order valence-electron chi connectivity index (χ1n) is 6.78. The minimum absolute atomic E-state index is 0.682. The van der Waals surface area contributed by atoms with E-state index in [4.69, 9.17) is 4.52 Å². The highest BCUT2D eigenvalue weighted by molar-refractivity contribution is 5.86. The third-order valence-electron chi connectivity index (χ3n) is 3.50. The van der Waals surface area contributed by atoms with Gasteiger partial charge in [-0.05, 0) is 32.9 Å². The lowest BCUT2D eigenvalue weighted by Gasteiger charge is -2.19. The van der Waals surface area contributed by atoms with Crippen LogP contribution < -0.4 is 4.90 Å². The fraction of sp³-hybridized carbons (Fsp3) is 0.333. The van der Waals surface area contributed by atoms with Gasteiger partial charge < -0.3 is 9.42 Å². The first-order chi connectivity index (χ1) is 10.1. The fourth-order valence-corrected chi connectivity index (χ4v) is 2.38. The Morgan fingerprint density at radius 2 is 2.00 bits per heavy atom. The van der Waals surface area contributed by atoms with E-state index in [1.807, 2.05) is 40.0 Å². The van der Waals surface area contributed by atoms with Crippen LogP contribution in [0.2, 0.25) is 0 Å². The van der Waals surface area contributed by atoms with Gasteiger partial charge in [-0.1, -0.05) is 5.16 Å². The molecule has 3 aromatic heterocycles. The Bertz CT molecular complexity index is 776. The summed E-state index contributed by atoms with van der Waals surface area (Å²) in [6, 6.07) is 3.88. The van der Waals surface area contributed by atoms with Crippen LogP contribution in [0.3, 0.4) is 0 Å². The topological polar surface area (TPSA) is 67.9 Å². The van der Waals surface area contributed by atoms with E-state index in [2.05, 4.69) is 25.0 Å². The van der Waals surface area contributed by atoms with Crippen LogP contribution in [0.25, 0.3) is 11.0 Å². The second kappa shape index (κ2) is 5.12. The van der Waals surface area contributed by atoms with Crippen LogP contribution >= 0.6 is 0 Å². The molecule has 0 atom stereocenters. The number of nitrogens with zero attached hydrogens (tertiary/aromatic N) is 5. The van der Waals surface area contributed by atoms with Crippen molar-refractivity contribution < 1.29 is 4.52 Å². The predicted molar refractivity (Wildman–Crippen MR) is 80.2 cm³/mol. The number of aryl methyl sites for hydroxylation is 3. The van der Waals surface area contributed by atoms with Crippen LogP contribution in [0.5, 0.6) is 0 Å². The summed E-state index contributed by atoms with van der Waals surface area (Å²) in [5, 5.41) is 4.94. The second-order valence-corrected chi connectivity index (χ2v) is 5.13. The molecule has 0 fully saturated rings. The van der Waals surface area contributed by atoms with Gasteiger partial charge >= 0.3 is 0 Å². The summed E-state index contributed by atoms with van der Waals surface area (Å²) in [6.07, 6.45) is 1.74. The van der Waals surface area contributed by atoms with Crippen LogP contribution in [0, 0.1) is 20.8 Å². The van der Waals surface area contributed by atoms with Crippen molar-refractivity contribution in [1.82, 2.24) is 20.1 Å². The van der Waals surface area contributed by atoms with Crippen molar-refractivity contribution in [1.29, 1.82) is 0 Å². The summed E-state index contributed by atoms with van der Waals surface area (Å²) in [5.41, 5.74) is 2.71. The van der Waals surface area contributed by atoms with Gasteiger partial charge in [0.2, 0.25) is 0 Å². The van der Waals surface area contributed by atoms with E-state index in [0.29, 0.717) is 18.0 Å². The molecular weight excluding hydrogens is 266 g/mol. The molecule has 0 aliphatic carbocycles. The Labute approximate surface area is 122 Å². The maximum Gasteiger partial charge on any atom is 0.164 e. The molecule has 0 radical (unpaired) electrons. The van der Waals surface area contributed by atoms with Crippen molar-refractivity contribution in [3.8, 4) is 0 Å². The number of hydrogen-bond acceptors (Lipinski definition) is 6. The first kappa shape index (κ1) is 13.5. The Kier molecular flexibility index (Phi) is 3.29. The van der Waals surface area contributed by atoms with Gasteiger partial charge in [0.15, 0.2) is 5.65 Å². The van der Waals surface area contributed by atoms with Gasteiger partial charge in [-0.25, -0.2) is 15.0 Å². The normalized spacial score (nSPS) is 11.0. The molecule has 3 aromatic rings. The van der Waals surface area contributed by atoms with Gasteiger partial charge in [0, 0.05) is 25.4 Å². The lowest BCUT2D eigenvalue weighted by Crippen LogP contribution is -2.19. The highest BCUT2D eigenvalue weighted by Crippen LogP contribution is 2.24. The van der Waals surface area contributed by atoms with Crippen molar-refractivity contribution >= 4 is 16.9 Å². The first-order valence-corrected chi connectivity index (χ1v) is 6.78. The van der Waals surface area contributed by atoms with Gasteiger partial charge in [0.25, 0.3) is 0 Å². The lowest BCUT2D eigenvalue weighted by molar-refractivity contribution is 0.392. The second-order valence-electron chi connectivity index (χ2n) is 5.13. The Hall–Kier alpha value is -2.50. The summed E-state index contributed by atoms with van der Waals surface area (Å²) < 4.78 is 5.22. The minimum Gasteiger partial charge on any atom is -0.361 e. The smallest absolute Gasteiger partial charge is 0.164 e. The average molecular weight is 283 g/mol. The van der Waals surface area contributed by atoms with Crippen molar-refractivity contribution in [3.63, 3.8) is 0 Å². The zero-order valence-corrected chi connectivity index (χ0v) is 12.6. The number of pyridine rings is 1. The summed E-state index contributed by atoms with van der Waals surface area (Å²) in [6.45, 7) is 6.43. The van der Waals surface area contributed by atoms with Crippen LogP contribution in [0.4, 0.5) is 5.82 Å².